The van der Waals surface area contributed by atoms with Gasteiger partial charge in [-0.1, -0.05) is 38.5 Å². The number of para-hydroxylation sites is 1. The maximum Gasteiger partial charge on any atom is 0.197 e. The average Bonchev–Trinajstić information content (AvgIpc) is 2.28. The number of aryl methyl sites for hydroxylation is 1. The number of aliphatic hydroxyl groups excluding tert-OH is 1. The van der Waals surface area contributed by atoms with Crippen LogP contribution < -0.4 is 4.74 Å². The smallest absolute Gasteiger partial charge is 0.197 e. The van der Waals surface area contributed by atoms with Gasteiger partial charge in [-0.3, -0.25) is 0 Å². The van der Waals surface area contributed by atoms with Crippen molar-refractivity contribution in [2.75, 3.05) is 0 Å². The van der Waals surface area contributed by atoms with Crippen molar-refractivity contribution in [3.8, 4) is 5.75 Å². The van der Waals surface area contributed by atoms with Crippen molar-refractivity contribution >= 4 is 0 Å². The summed E-state index contributed by atoms with van der Waals surface area (Å²) in [5.74, 6) is 0.820. The summed E-state index contributed by atoms with van der Waals surface area (Å²) in [6.07, 6.45) is 3.27. The van der Waals surface area contributed by atoms with E-state index in [1.54, 1.807) is 0 Å². The van der Waals surface area contributed by atoms with Gasteiger partial charge in [-0.2, -0.15) is 0 Å². The first-order chi connectivity index (χ1) is 7.27. The molecule has 2 heteroatoms. The fourth-order valence-electron chi connectivity index (χ4n) is 1.42. The fraction of sp³-hybridized carbons (Fsp3) is 0.538. The Kier molecular flexibility index (Phi) is 5.19. The molecule has 1 rings (SSSR count). The van der Waals surface area contributed by atoms with Crippen LogP contribution in [0.3, 0.4) is 0 Å². The van der Waals surface area contributed by atoms with Crippen LogP contribution in [-0.4, -0.2) is 11.4 Å². The van der Waals surface area contributed by atoms with Crippen molar-refractivity contribution in [1.29, 1.82) is 0 Å². The number of benzene rings is 1. The molecule has 0 aliphatic heterocycles. The molecule has 0 saturated carbocycles. The molecule has 1 N–H and O–H groups in total. The molecule has 1 unspecified atom stereocenters. The third kappa shape index (κ3) is 3.92. The van der Waals surface area contributed by atoms with Gasteiger partial charge in [0, 0.05) is 6.42 Å². The molecule has 1 atom stereocenters. The van der Waals surface area contributed by atoms with Gasteiger partial charge in [-0.15, -0.1) is 0 Å². The first kappa shape index (κ1) is 12.1. The lowest BCUT2D eigenvalue weighted by molar-refractivity contribution is -0.0197. The lowest BCUT2D eigenvalue weighted by atomic mass is 10.1. The highest BCUT2D eigenvalue weighted by molar-refractivity contribution is 5.33. The summed E-state index contributed by atoms with van der Waals surface area (Å²) in [5.41, 5.74) is 1.19. The highest BCUT2D eigenvalue weighted by atomic mass is 16.6. The summed E-state index contributed by atoms with van der Waals surface area (Å²) in [7, 11) is 0. The summed E-state index contributed by atoms with van der Waals surface area (Å²) < 4.78 is 5.45. The van der Waals surface area contributed by atoms with Crippen molar-refractivity contribution < 1.29 is 9.84 Å². The molecule has 0 amide bonds. The van der Waals surface area contributed by atoms with Gasteiger partial charge in [-0.25, -0.2) is 0 Å². The van der Waals surface area contributed by atoms with Gasteiger partial charge in [-0.05, 0) is 24.5 Å². The summed E-state index contributed by atoms with van der Waals surface area (Å²) in [4.78, 5) is 0. The molecule has 2 nitrogen and oxygen atoms in total. The first-order valence-corrected chi connectivity index (χ1v) is 5.70. The zero-order chi connectivity index (χ0) is 11.1. The van der Waals surface area contributed by atoms with E-state index < -0.39 is 6.29 Å². The molecule has 1 aromatic carbocycles. The minimum Gasteiger partial charge on any atom is -0.465 e. The second kappa shape index (κ2) is 6.46. The molecule has 1 aromatic rings. The number of aliphatic hydroxyl groups is 1. The topological polar surface area (TPSA) is 29.5 Å². The lowest BCUT2D eigenvalue weighted by Gasteiger charge is -2.14. The van der Waals surface area contributed by atoms with E-state index in [1.165, 1.54) is 12.0 Å². The second-order valence-corrected chi connectivity index (χ2v) is 3.69. The molecule has 0 saturated heterocycles. The van der Waals surface area contributed by atoms with Gasteiger partial charge in [0.1, 0.15) is 5.75 Å². The maximum atomic E-state index is 9.44. The molecule has 0 spiro atoms. The van der Waals surface area contributed by atoms with E-state index in [2.05, 4.69) is 13.0 Å². The molecule has 0 radical (unpaired) electrons. The standard InChI is InChI=1S/C13H20O2/c1-3-5-8-11-9-6-7-10-12(11)15-13(14)4-2/h6-7,9-10,13-14H,3-5,8H2,1-2H3. The molecule has 0 fully saturated rings. The van der Waals surface area contributed by atoms with Crippen LogP contribution in [0.4, 0.5) is 0 Å². The minimum atomic E-state index is -0.687. The van der Waals surface area contributed by atoms with Crippen LogP contribution in [0.1, 0.15) is 38.7 Å². The Balaban J connectivity index is 2.67. The van der Waals surface area contributed by atoms with Crippen LogP contribution in [0.15, 0.2) is 24.3 Å². The highest BCUT2D eigenvalue weighted by Crippen LogP contribution is 2.21. The Morgan fingerprint density at radius 3 is 2.67 bits per heavy atom. The normalized spacial score (nSPS) is 12.5. The molecule has 0 aliphatic rings. The summed E-state index contributed by atoms with van der Waals surface area (Å²) in [6, 6.07) is 7.93. The van der Waals surface area contributed by atoms with Crippen molar-refractivity contribution in [3.05, 3.63) is 29.8 Å². The largest absolute Gasteiger partial charge is 0.465 e. The summed E-state index contributed by atoms with van der Waals surface area (Å²) >= 11 is 0. The van der Waals surface area contributed by atoms with E-state index in [1.807, 2.05) is 25.1 Å². The van der Waals surface area contributed by atoms with Crippen LogP contribution in [-0.2, 0) is 6.42 Å². The SMILES string of the molecule is CCCCc1ccccc1OC(O)CC. The number of rotatable bonds is 6. The summed E-state index contributed by atoms with van der Waals surface area (Å²) in [5, 5.41) is 9.44. The molecule has 0 aliphatic carbocycles. The van der Waals surface area contributed by atoms with Crippen LogP contribution in [0.5, 0.6) is 5.75 Å². The third-order valence-electron chi connectivity index (χ3n) is 2.38. The van der Waals surface area contributed by atoms with E-state index in [-0.39, 0.29) is 0 Å². The molecular weight excluding hydrogens is 188 g/mol. The van der Waals surface area contributed by atoms with Gasteiger partial charge < -0.3 is 9.84 Å². The zero-order valence-electron chi connectivity index (χ0n) is 9.57. The Hall–Kier alpha value is -1.02. The quantitative estimate of drug-likeness (QED) is 0.728. The number of ether oxygens (including phenoxy) is 1. The Morgan fingerprint density at radius 2 is 2.00 bits per heavy atom. The van der Waals surface area contributed by atoms with Gasteiger partial charge in [0.15, 0.2) is 6.29 Å². The zero-order valence-corrected chi connectivity index (χ0v) is 9.57. The first-order valence-electron chi connectivity index (χ1n) is 5.70. The van der Waals surface area contributed by atoms with E-state index in [0.29, 0.717) is 6.42 Å². The highest BCUT2D eigenvalue weighted by Gasteiger charge is 2.06. The van der Waals surface area contributed by atoms with Crippen molar-refractivity contribution in [3.63, 3.8) is 0 Å². The monoisotopic (exact) mass is 208 g/mol. The predicted octanol–water partition coefficient (Wildman–Crippen LogP) is 3.14. The molecule has 0 heterocycles. The average molecular weight is 208 g/mol. The number of unbranched alkanes of at least 4 members (excludes halogenated alkanes) is 1. The van der Waals surface area contributed by atoms with Gasteiger partial charge in [0.05, 0.1) is 0 Å². The van der Waals surface area contributed by atoms with Crippen molar-refractivity contribution in [2.24, 2.45) is 0 Å². The number of hydrogen-bond donors (Lipinski definition) is 1. The molecule has 0 aromatic heterocycles. The Bertz CT molecular complexity index is 284. The Morgan fingerprint density at radius 1 is 1.27 bits per heavy atom. The molecule has 0 bridgehead atoms. The van der Waals surface area contributed by atoms with Crippen LogP contribution >= 0.6 is 0 Å². The van der Waals surface area contributed by atoms with Gasteiger partial charge in [0.25, 0.3) is 0 Å². The fourth-order valence-corrected chi connectivity index (χ4v) is 1.42. The van der Waals surface area contributed by atoms with Gasteiger partial charge in [0.2, 0.25) is 0 Å². The van der Waals surface area contributed by atoms with Crippen LogP contribution in [0, 0.1) is 0 Å². The second-order valence-electron chi connectivity index (χ2n) is 3.69. The molecular formula is C13H20O2. The van der Waals surface area contributed by atoms with Crippen LogP contribution in [0.25, 0.3) is 0 Å². The van der Waals surface area contributed by atoms with E-state index in [4.69, 9.17) is 4.74 Å². The van der Waals surface area contributed by atoms with Crippen molar-refractivity contribution in [1.82, 2.24) is 0 Å². The maximum absolute atomic E-state index is 9.44. The lowest BCUT2D eigenvalue weighted by Crippen LogP contribution is -2.14. The van der Waals surface area contributed by atoms with Crippen LogP contribution in [0.2, 0.25) is 0 Å². The Labute approximate surface area is 91.9 Å². The summed E-state index contributed by atoms with van der Waals surface area (Å²) in [6.45, 7) is 4.07. The molecule has 15 heavy (non-hydrogen) atoms. The van der Waals surface area contributed by atoms with Gasteiger partial charge >= 0.3 is 0 Å². The predicted molar refractivity (Wildman–Crippen MR) is 62.0 cm³/mol. The third-order valence-corrected chi connectivity index (χ3v) is 2.38. The van der Waals surface area contributed by atoms with E-state index in [0.717, 1.165) is 18.6 Å². The van der Waals surface area contributed by atoms with Crippen molar-refractivity contribution in [2.45, 2.75) is 45.8 Å². The number of hydrogen-bond acceptors (Lipinski definition) is 2. The minimum absolute atomic E-state index is 0.613. The van der Waals surface area contributed by atoms with E-state index >= 15 is 0 Å². The molecule has 84 valence electrons. The van der Waals surface area contributed by atoms with E-state index in [9.17, 15) is 5.11 Å².